The maximum absolute atomic E-state index is 13.4. The number of amides is 2. The lowest BCUT2D eigenvalue weighted by Gasteiger charge is -2.23. The van der Waals surface area contributed by atoms with E-state index in [4.69, 9.17) is 18.9 Å². The predicted octanol–water partition coefficient (Wildman–Crippen LogP) is 1.71. The second kappa shape index (κ2) is 11.3. The van der Waals surface area contributed by atoms with E-state index in [1.807, 2.05) is 0 Å². The molecule has 3 rings (SSSR count). The minimum absolute atomic E-state index is 0.0643. The van der Waals surface area contributed by atoms with Gasteiger partial charge in [-0.3, -0.25) is 9.59 Å². The topological polar surface area (TPSA) is 144 Å². The molecule has 1 heterocycles. The van der Waals surface area contributed by atoms with Crippen LogP contribution in [0.5, 0.6) is 28.7 Å². The van der Waals surface area contributed by atoms with Gasteiger partial charge in [-0.1, -0.05) is 6.07 Å². The summed E-state index contributed by atoms with van der Waals surface area (Å²) in [5, 5.41) is 21.8. The number of phenolic OH excluding ortho intramolecular Hbond substituents is 2. The van der Waals surface area contributed by atoms with Crippen molar-refractivity contribution in [2.75, 3.05) is 35.0 Å². The normalized spacial score (nSPS) is 17.1. The van der Waals surface area contributed by atoms with Crippen LogP contribution in [0.25, 0.3) is 6.08 Å². The van der Waals surface area contributed by atoms with Gasteiger partial charge in [0, 0.05) is 30.6 Å². The number of likely N-dealkylation sites (tertiary alicyclic amines) is 1. The second-order valence-electron chi connectivity index (χ2n) is 7.93. The number of rotatable bonds is 8. The first-order valence-corrected chi connectivity index (χ1v) is 10.9. The number of methoxy groups -OCH3 is 4. The number of nitrogens with zero attached hydrogens (tertiary/aromatic N) is 1. The van der Waals surface area contributed by atoms with Gasteiger partial charge in [-0.15, -0.1) is 0 Å². The van der Waals surface area contributed by atoms with E-state index in [-0.39, 0.29) is 41.5 Å². The predicted molar refractivity (Wildman–Crippen MR) is 128 cm³/mol. The first-order valence-electron chi connectivity index (χ1n) is 10.9. The van der Waals surface area contributed by atoms with Gasteiger partial charge < -0.3 is 39.4 Å². The number of hydrogen-bond acceptors (Lipinski definition) is 9. The van der Waals surface area contributed by atoms with Crippen LogP contribution < -0.4 is 19.5 Å². The molecule has 0 saturated carbocycles. The largest absolute Gasteiger partial charge is 0.504 e. The zero-order valence-corrected chi connectivity index (χ0v) is 20.3. The van der Waals surface area contributed by atoms with Gasteiger partial charge in [0.2, 0.25) is 11.7 Å². The number of esters is 1. The van der Waals surface area contributed by atoms with Crippen molar-refractivity contribution in [2.24, 2.45) is 0 Å². The summed E-state index contributed by atoms with van der Waals surface area (Å²) in [4.78, 5) is 39.7. The Morgan fingerprint density at radius 3 is 2.19 bits per heavy atom. The summed E-state index contributed by atoms with van der Waals surface area (Å²) in [6, 6.07) is 5.67. The molecular weight excluding hydrogens is 472 g/mol. The molecule has 0 aromatic heterocycles. The Hall–Kier alpha value is -4.41. The summed E-state index contributed by atoms with van der Waals surface area (Å²) < 4.78 is 20.8. The molecule has 0 bridgehead atoms. The Labute approximate surface area is 207 Å². The molecule has 11 nitrogen and oxygen atoms in total. The molecule has 0 unspecified atom stereocenters. The standard InChI is InChI=1S/C25H28N2O9/c1-33-20-10-15(11-21(34-2)23(20)35-3)24(31)27-13-16(12-17(27)25(32)36-4)26-22(30)8-6-14-5-7-18(28)19(29)9-14/h5-11,16-17,28-29H,12-13H2,1-4H3,(H,26,30)/b8-6+/t16-,17-/m0/s1. The number of carbonyl (C=O) groups excluding carboxylic acids is 3. The molecule has 1 aliphatic rings. The molecule has 0 aliphatic carbocycles. The van der Waals surface area contributed by atoms with Crippen LogP contribution in [-0.2, 0) is 14.3 Å². The van der Waals surface area contributed by atoms with E-state index in [0.29, 0.717) is 11.3 Å². The van der Waals surface area contributed by atoms with Gasteiger partial charge >= 0.3 is 5.97 Å². The van der Waals surface area contributed by atoms with E-state index in [1.54, 1.807) is 0 Å². The number of ether oxygens (including phenoxy) is 4. The van der Waals surface area contributed by atoms with Gasteiger partial charge in [-0.05, 0) is 35.9 Å². The van der Waals surface area contributed by atoms with Crippen LogP contribution in [0.2, 0.25) is 0 Å². The Balaban J connectivity index is 1.79. The molecular formula is C25H28N2O9. The molecule has 2 amide bonds. The van der Waals surface area contributed by atoms with Crippen molar-refractivity contribution >= 4 is 23.9 Å². The molecule has 3 N–H and O–H groups in total. The monoisotopic (exact) mass is 500 g/mol. The summed E-state index contributed by atoms with van der Waals surface area (Å²) in [5.41, 5.74) is 0.705. The second-order valence-corrected chi connectivity index (χ2v) is 7.93. The van der Waals surface area contributed by atoms with E-state index >= 15 is 0 Å². The molecule has 36 heavy (non-hydrogen) atoms. The van der Waals surface area contributed by atoms with Crippen molar-refractivity contribution in [1.82, 2.24) is 10.2 Å². The number of hydrogen-bond donors (Lipinski definition) is 3. The molecule has 2 aromatic rings. The molecule has 2 atom stereocenters. The lowest BCUT2D eigenvalue weighted by atomic mass is 10.1. The van der Waals surface area contributed by atoms with Crippen molar-refractivity contribution in [3.05, 3.63) is 47.5 Å². The fourth-order valence-electron chi connectivity index (χ4n) is 3.96. The molecule has 1 fully saturated rings. The molecule has 0 spiro atoms. The number of carbonyl (C=O) groups is 3. The number of aromatic hydroxyl groups is 2. The third-order valence-corrected chi connectivity index (χ3v) is 5.72. The van der Waals surface area contributed by atoms with E-state index in [1.165, 1.54) is 75.8 Å². The fourth-order valence-corrected chi connectivity index (χ4v) is 3.96. The van der Waals surface area contributed by atoms with Gasteiger partial charge in [-0.25, -0.2) is 4.79 Å². The van der Waals surface area contributed by atoms with Crippen LogP contribution in [0.3, 0.4) is 0 Å². The Morgan fingerprint density at radius 1 is 0.972 bits per heavy atom. The first-order chi connectivity index (χ1) is 17.2. The minimum Gasteiger partial charge on any atom is -0.504 e. The van der Waals surface area contributed by atoms with Crippen LogP contribution in [0.15, 0.2) is 36.4 Å². The maximum atomic E-state index is 13.4. The highest BCUT2D eigenvalue weighted by Crippen LogP contribution is 2.39. The highest BCUT2D eigenvalue weighted by molar-refractivity contribution is 5.99. The van der Waals surface area contributed by atoms with Crippen LogP contribution in [0.1, 0.15) is 22.3 Å². The summed E-state index contributed by atoms with van der Waals surface area (Å²) in [5.74, 6) is -1.24. The van der Waals surface area contributed by atoms with Gasteiger partial charge in [-0.2, -0.15) is 0 Å². The van der Waals surface area contributed by atoms with Crippen molar-refractivity contribution in [3.8, 4) is 28.7 Å². The van der Waals surface area contributed by atoms with E-state index in [0.717, 1.165) is 0 Å². The summed E-state index contributed by atoms with van der Waals surface area (Å²) >= 11 is 0. The Morgan fingerprint density at radius 2 is 1.64 bits per heavy atom. The quantitative estimate of drug-likeness (QED) is 0.280. The number of phenols is 2. The van der Waals surface area contributed by atoms with Crippen molar-refractivity contribution < 1.29 is 43.5 Å². The molecule has 0 radical (unpaired) electrons. The van der Waals surface area contributed by atoms with E-state index in [2.05, 4.69) is 5.32 Å². The van der Waals surface area contributed by atoms with Crippen LogP contribution in [-0.4, -0.2) is 80.0 Å². The van der Waals surface area contributed by atoms with Gasteiger partial charge in [0.1, 0.15) is 6.04 Å². The van der Waals surface area contributed by atoms with E-state index in [9.17, 15) is 24.6 Å². The zero-order chi connectivity index (χ0) is 26.4. The fraction of sp³-hybridized carbons (Fsp3) is 0.320. The number of nitrogens with one attached hydrogen (secondary N) is 1. The Kier molecular flexibility index (Phi) is 8.26. The number of benzene rings is 2. The summed E-state index contributed by atoms with van der Waals surface area (Å²) in [6.07, 6.45) is 2.87. The minimum atomic E-state index is -0.912. The molecule has 1 aliphatic heterocycles. The average Bonchev–Trinajstić information content (AvgIpc) is 3.30. The Bertz CT molecular complexity index is 1150. The van der Waals surface area contributed by atoms with E-state index < -0.39 is 29.9 Å². The van der Waals surface area contributed by atoms with Crippen LogP contribution in [0.4, 0.5) is 0 Å². The molecule has 11 heteroatoms. The van der Waals surface area contributed by atoms with Gasteiger partial charge in [0.25, 0.3) is 5.91 Å². The summed E-state index contributed by atoms with van der Waals surface area (Å²) in [7, 11) is 5.53. The highest BCUT2D eigenvalue weighted by atomic mass is 16.5. The van der Waals surface area contributed by atoms with Gasteiger partial charge in [0.05, 0.1) is 28.4 Å². The first kappa shape index (κ1) is 26.2. The highest BCUT2D eigenvalue weighted by Gasteiger charge is 2.41. The molecule has 2 aromatic carbocycles. The maximum Gasteiger partial charge on any atom is 0.328 e. The van der Waals surface area contributed by atoms with Crippen LogP contribution >= 0.6 is 0 Å². The van der Waals surface area contributed by atoms with Crippen molar-refractivity contribution in [1.29, 1.82) is 0 Å². The third-order valence-electron chi connectivity index (χ3n) is 5.72. The SMILES string of the molecule is COC(=O)[C@@H]1C[C@H](NC(=O)/C=C/c2ccc(O)c(O)c2)CN1C(=O)c1cc(OC)c(OC)c(OC)c1. The van der Waals surface area contributed by atoms with Crippen molar-refractivity contribution in [3.63, 3.8) is 0 Å². The average molecular weight is 501 g/mol. The van der Waals surface area contributed by atoms with Crippen molar-refractivity contribution in [2.45, 2.75) is 18.5 Å². The lowest BCUT2D eigenvalue weighted by molar-refractivity contribution is -0.145. The van der Waals surface area contributed by atoms with Crippen LogP contribution in [0, 0.1) is 0 Å². The third kappa shape index (κ3) is 5.62. The molecule has 1 saturated heterocycles. The van der Waals surface area contributed by atoms with Gasteiger partial charge in [0.15, 0.2) is 23.0 Å². The molecule has 192 valence electrons. The lowest BCUT2D eigenvalue weighted by Crippen LogP contribution is -2.41. The smallest absolute Gasteiger partial charge is 0.328 e. The zero-order valence-electron chi connectivity index (χ0n) is 20.3. The summed E-state index contributed by atoms with van der Waals surface area (Å²) in [6.45, 7) is 0.0643.